The van der Waals surface area contributed by atoms with Crippen molar-refractivity contribution in [3.05, 3.63) is 131 Å². The number of nitrogens with zero attached hydrogens (tertiary/aromatic N) is 2. The van der Waals surface area contributed by atoms with E-state index in [1.807, 2.05) is 72.5 Å². The van der Waals surface area contributed by atoms with E-state index in [1.165, 1.54) is 4.88 Å². The molecule has 1 aliphatic rings. The number of carbonyl (C=O) groups is 2. The quantitative estimate of drug-likeness (QED) is 0.108. The predicted octanol–water partition coefficient (Wildman–Crippen LogP) is 8.92. The molecular weight excluding hydrogens is 589 g/mol. The van der Waals surface area contributed by atoms with Gasteiger partial charge in [-0.1, -0.05) is 74.7 Å². The van der Waals surface area contributed by atoms with E-state index in [0.717, 1.165) is 82.1 Å². The van der Waals surface area contributed by atoms with Crippen molar-refractivity contribution in [1.29, 1.82) is 0 Å². The molecule has 2 amide bonds. The third-order valence-electron chi connectivity index (χ3n) is 8.05. The van der Waals surface area contributed by atoms with E-state index in [9.17, 15) is 9.59 Å². The van der Waals surface area contributed by atoms with Crippen LogP contribution in [-0.2, 0) is 4.79 Å². The number of amides is 2. The smallest absolute Gasteiger partial charge is 0.255 e. The molecule has 0 saturated carbocycles. The largest absolute Gasteiger partial charge is 0.358 e. The van der Waals surface area contributed by atoms with Crippen molar-refractivity contribution < 1.29 is 9.59 Å². The number of hydrogen-bond acceptors (Lipinski definition) is 5. The van der Waals surface area contributed by atoms with E-state index in [-0.39, 0.29) is 11.9 Å². The second-order valence-corrected chi connectivity index (χ2v) is 12.9. The fourth-order valence-corrected chi connectivity index (χ4v) is 6.66. The zero-order valence-corrected chi connectivity index (χ0v) is 27.5. The topological polar surface area (TPSA) is 64.7 Å². The van der Waals surface area contributed by atoms with Crippen LogP contribution < -0.4 is 10.6 Å². The highest BCUT2D eigenvalue weighted by Crippen LogP contribution is 2.33. The van der Waals surface area contributed by atoms with Gasteiger partial charge in [0.25, 0.3) is 5.91 Å². The summed E-state index contributed by atoms with van der Waals surface area (Å²) in [6.45, 7) is 14.4. The van der Waals surface area contributed by atoms with Crippen LogP contribution in [0.5, 0.6) is 0 Å². The maximum absolute atomic E-state index is 13.8. The maximum Gasteiger partial charge on any atom is 0.255 e. The highest BCUT2D eigenvalue weighted by Gasteiger charge is 2.32. The molecule has 7 heteroatoms. The molecule has 2 heterocycles. The summed E-state index contributed by atoms with van der Waals surface area (Å²) in [6.07, 6.45) is 7.77. The van der Waals surface area contributed by atoms with Crippen LogP contribution in [0, 0.1) is 6.92 Å². The predicted molar refractivity (Wildman–Crippen MR) is 194 cm³/mol. The molecule has 1 aromatic heterocycles. The standard InChI is InChI=1S/C39H42N4O2S/c1-5-24-42(27-44)26-28(2)40-33-19-15-31(16-20-33)13-14-32-17-21-34(22-18-32)41-30(4)37-11-8-25-43(37)39(45)36-10-7-6-9-35(36)38-23-12-29(3)46-38/h6-7,9-10,12-23,27,37,40-41H,2,4-5,8,11,24-26H2,1,3H3/b14-13+/t37-/m0/s1. The van der Waals surface area contributed by atoms with E-state index in [4.69, 9.17) is 0 Å². The summed E-state index contributed by atoms with van der Waals surface area (Å²) in [6, 6.07) is 28.4. The number of thiophene rings is 1. The second-order valence-electron chi connectivity index (χ2n) is 11.6. The van der Waals surface area contributed by atoms with Gasteiger partial charge in [0.05, 0.1) is 12.6 Å². The number of rotatable bonds is 14. The van der Waals surface area contributed by atoms with Crippen LogP contribution in [0.4, 0.5) is 11.4 Å². The number of anilines is 2. The zero-order valence-electron chi connectivity index (χ0n) is 26.7. The van der Waals surface area contributed by atoms with Crippen molar-refractivity contribution in [3.63, 3.8) is 0 Å². The Bertz CT molecular complexity index is 1700. The van der Waals surface area contributed by atoms with Gasteiger partial charge in [-0.2, -0.15) is 0 Å². The molecule has 46 heavy (non-hydrogen) atoms. The molecule has 1 saturated heterocycles. The van der Waals surface area contributed by atoms with Crippen molar-refractivity contribution in [2.45, 2.75) is 39.2 Å². The van der Waals surface area contributed by atoms with Gasteiger partial charge >= 0.3 is 0 Å². The van der Waals surface area contributed by atoms with E-state index >= 15 is 0 Å². The Hall–Kier alpha value is -4.88. The highest BCUT2D eigenvalue weighted by molar-refractivity contribution is 7.15. The summed E-state index contributed by atoms with van der Waals surface area (Å²) in [5, 5.41) is 6.75. The summed E-state index contributed by atoms with van der Waals surface area (Å²) in [7, 11) is 0. The fraction of sp³-hybridized carbons (Fsp3) is 0.231. The first-order valence-electron chi connectivity index (χ1n) is 15.8. The van der Waals surface area contributed by atoms with Crippen molar-refractivity contribution in [2.24, 2.45) is 0 Å². The highest BCUT2D eigenvalue weighted by atomic mass is 32.1. The van der Waals surface area contributed by atoms with Crippen LogP contribution in [0.3, 0.4) is 0 Å². The van der Waals surface area contributed by atoms with E-state index < -0.39 is 0 Å². The molecule has 0 unspecified atom stereocenters. The lowest BCUT2D eigenvalue weighted by Gasteiger charge is -2.28. The van der Waals surface area contributed by atoms with E-state index in [0.29, 0.717) is 13.1 Å². The summed E-state index contributed by atoms with van der Waals surface area (Å²) < 4.78 is 0. The van der Waals surface area contributed by atoms with Gasteiger partial charge in [0.1, 0.15) is 0 Å². The molecule has 0 radical (unpaired) electrons. The summed E-state index contributed by atoms with van der Waals surface area (Å²) in [5.74, 6) is 0.0536. The van der Waals surface area contributed by atoms with Gasteiger partial charge in [-0.3, -0.25) is 9.59 Å². The Morgan fingerprint density at radius 2 is 1.59 bits per heavy atom. The molecule has 1 fully saturated rings. The molecule has 6 nitrogen and oxygen atoms in total. The average Bonchev–Trinajstić information content (AvgIpc) is 3.74. The SMILES string of the molecule is C=C(CN(C=O)CCC)Nc1ccc(/C=C/c2ccc(NC(=C)[C@@H]3CCCN3C(=O)c3ccccc3-c3ccc(C)s3)cc2)cc1. The lowest BCUT2D eigenvalue weighted by molar-refractivity contribution is -0.117. The lowest BCUT2D eigenvalue weighted by Crippen LogP contribution is -2.38. The first kappa shape index (κ1) is 32.5. The molecule has 4 aromatic rings. The summed E-state index contributed by atoms with van der Waals surface area (Å²) in [5.41, 5.74) is 7.37. The van der Waals surface area contributed by atoms with Gasteiger partial charge in [0, 0.05) is 56.7 Å². The van der Waals surface area contributed by atoms with Crippen LogP contribution in [0.25, 0.3) is 22.6 Å². The minimum atomic E-state index is -0.0693. The van der Waals surface area contributed by atoms with Crippen molar-refractivity contribution in [1.82, 2.24) is 9.80 Å². The minimum Gasteiger partial charge on any atom is -0.358 e. The fourth-order valence-electron chi connectivity index (χ4n) is 5.75. The molecule has 0 bridgehead atoms. The van der Waals surface area contributed by atoms with Gasteiger partial charge in [-0.25, -0.2) is 0 Å². The third-order valence-corrected chi connectivity index (χ3v) is 9.08. The lowest BCUT2D eigenvalue weighted by atomic mass is 10.0. The number of likely N-dealkylation sites (tertiary alicyclic amines) is 1. The molecular formula is C39H42N4O2S. The number of nitrogens with one attached hydrogen (secondary N) is 2. The molecule has 3 aromatic carbocycles. The first-order valence-corrected chi connectivity index (χ1v) is 16.6. The van der Waals surface area contributed by atoms with Crippen molar-refractivity contribution in [2.75, 3.05) is 30.3 Å². The van der Waals surface area contributed by atoms with E-state index in [2.05, 4.69) is 67.1 Å². The van der Waals surface area contributed by atoms with Gasteiger partial charge in [0.2, 0.25) is 6.41 Å². The van der Waals surface area contributed by atoms with E-state index in [1.54, 1.807) is 16.2 Å². The normalized spacial score (nSPS) is 14.3. The number of carbonyl (C=O) groups excluding carboxylic acids is 2. The van der Waals surface area contributed by atoms with Crippen LogP contribution in [-0.4, -0.2) is 47.8 Å². The third kappa shape index (κ3) is 8.23. The first-order chi connectivity index (χ1) is 22.3. The van der Waals surface area contributed by atoms with Crippen molar-refractivity contribution >= 4 is 47.2 Å². The minimum absolute atomic E-state index is 0.0536. The Labute approximate surface area is 276 Å². The number of hydrogen-bond donors (Lipinski definition) is 2. The average molecular weight is 631 g/mol. The molecule has 1 atom stereocenters. The van der Waals surface area contributed by atoms with Crippen LogP contribution in [0.1, 0.15) is 52.5 Å². The summed E-state index contributed by atoms with van der Waals surface area (Å²) >= 11 is 1.71. The molecule has 236 valence electrons. The van der Waals surface area contributed by atoms with Crippen molar-refractivity contribution in [3.8, 4) is 10.4 Å². The molecule has 1 aliphatic heterocycles. The molecule has 5 rings (SSSR count). The second kappa shape index (κ2) is 15.4. The van der Waals surface area contributed by atoms with Crippen LogP contribution in [0.15, 0.2) is 109 Å². The maximum atomic E-state index is 13.8. The van der Waals surface area contributed by atoms with Crippen LogP contribution in [0.2, 0.25) is 0 Å². The zero-order chi connectivity index (χ0) is 32.5. The molecule has 0 aliphatic carbocycles. The van der Waals surface area contributed by atoms with Gasteiger partial charge in [-0.15, -0.1) is 11.3 Å². The number of aryl methyl sites for hydroxylation is 1. The number of benzene rings is 3. The Morgan fingerprint density at radius 3 is 2.20 bits per heavy atom. The molecule has 0 spiro atoms. The Morgan fingerprint density at radius 1 is 0.935 bits per heavy atom. The van der Waals surface area contributed by atoms with Gasteiger partial charge < -0.3 is 20.4 Å². The van der Waals surface area contributed by atoms with Crippen LogP contribution >= 0.6 is 11.3 Å². The molecule has 2 N–H and O–H groups in total. The monoisotopic (exact) mass is 630 g/mol. The summed E-state index contributed by atoms with van der Waals surface area (Å²) in [4.78, 5) is 31.0. The Kier molecular flexibility index (Phi) is 10.9. The Balaban J connectivity index is 1.16. The van der Waals surface area contributed by atoms with Gasteiger partial charge in [-0.05, 0) is 79.8 Å². The van der Waals surface area contributed by atoms with Gasteiger partial charge in [0.15, 0.2) is 0 Å².